The van der Waals surface area contributed by atoms with Crippen molar-refractivity contribution in [2.24, 2.45) is 0 Å². The summed E-state index contributed by atoms with van der Waals surface area (Å²) in [5.74, 6) is 0.858. The zero-order valence-corrected chi connectivity index (χ0v) is 10.2. The van der Waals surface area contributed by atoms with Gasteiger partial charge in [-0.05, 0) is 19.1 Å². The lowest BCUT2D eigenvalue weighted by Gasteiger charge is -2.22. The Labute approximate surface area is 101 Å². The highest BCUT2D eigenvalue weighted by atomic mass is 16.3. The summed E-state index contributed by atoms with van der Waals surface area (Å²) >= 11 is 0. The van der Waals surface area contributed by atoms with Crippen molar-refractivity contribution in [3.05, 3.63) is 48.0 Å². The molecule has 0 aromatic carbocycles. The van der Waals surface area contributed by atoms with E-state index in [9.17, 15) is 5.11 Å². The standard InChI is InChI=1S/C13H16N2O2/c1-13(16,11-6-7-17-9-11)10-4-5-12(14-8-10)15(2)3/h4-9,16H,1-3H3. The highest BCUT2D eigenvalue weighted by Crippen LogP contribution is 2.29. The first-order valence-electron chi connectivity index (χ1n) is 5.40. The van der Waals surface area contributed by atoms with Gasteiger partial charge in [-0.3, -0.25) is 0 Å². The molecule has 0 aliphatic carbocycles. The molecular formula is C13H16N2O2. The van der Waals surface area contributed by atoms with Gasteiger partial charge < -0.3 is 14.4 Å². The summed E-state index contributed by atoms with van der Waals surface area (Å²) in [6.45, 7) is 1.73. The number of rotatable bonds is 3. The Bertz CT molecular complexity index is 473. The first-order valence-corrected chi connectivity index (χ1v) is 5.40. The van der Waals surface area contributed by atoms with Gasteiger partial charge in [-0.15, -0.1) is 0 Å². The third-order valence-electron chi connectivity index (χ3n) is 2.85. The van der Waals surface area contributed by atoms with Gasteiger partial charge in [-0.2, -0.15) is 0 Å². The lowest BCUT2D eigenvalue weighted by Crippen LogP contribution is -2.22. The number of aliphatic hydroxyl groups is 1. The van der Waals surface area contributed by atoms with Crippen molar-refractivity contribution in [3.63, 3.8) is 0 Å². The molecule has 4 nitrogen and oxygen atoms in total. The number of nitrogens with zero attached hydrogens (tertiary/aromatic N) is 2. The summed E-state index contributed by atoms with van der Waals surface area (Å²) in [6, 6.07) is 5.50. The molecule has 2 rings (SSSR count). The van der Waals surface area contributed by atoms with E-state index < -0.39 is 5.60 Å². The average molecular weight is 232 g/mol. The molecule has 1 N–H and O–H groups in total. The van der Waals surface area contributed by atoms with Gasteiger partial charge in [0.05, 0.1) is 12.5 Å². The average Bonchev–Trinajstić information content (AvgIpc) is 2.83. The Kier molecular flexibility index (Phi) is 2.90. The van der Waals surface area contributed by atoms with Gasteiger partial charge in [-0.25, -0.2) is 4.98 Å². The van der Waals surface area contributed by atoms with Crippen molar-refractivity contribution in [2.75, 3.05) is 19.0 Å². The molecule has 2 aromatic heterocycles. The molecule has 0 aliphatic rings. The van der Waals surface area contributed by atoms with Crippen LogP contribution in [0, 0.1) is 0 Å². The smallest absolute Gasteiger partial charge is 0.127 e. The van der Waals surface area contributed by atoms with Crippen LogP contribution in [0.5, 0.6) is 0 Å². The van der Waals surface area contributed by atoms with Crippen molar-refractivity contribution >= 4 is 5.82 Å². The highest BCUT2D eigenvalue weighted by Gasteiger charge is 2.27. The lowest BCUT2D eigenvalue weighted by atomic mass is 9.91. The first kappa shape index (κ1) is 11.7. The van der Waals surface area contributed by atoms with E-state index in [0.717, 1.165) is 16.9 Å². The van der Waals surface area contributed by atoms with Gasteiger partial charge in [0.15, 0.2) is 0 Å². The van der Waals surface area contributed by atoms with E-state index in [2.05, 4.69) is 4.98 Å². The summed E-state index contributed by atoms with van der Waals surface area (Å²) in [4.78, 5) is 6.20. The van der Waals surface area contributed by atoms with Crippen LogP contribution >= 0.6 is 0 Å². The minimum atomic E-state index is -1.08. The quantitative estimate of drug-likeness (QED) is 0.879. The highest BCUT2D eigenvalue weighted by molar-refractivity contribution is 5.40. The van der Waals surface area contributed by atoms with E-state index in [1.807, 2.05) is 31.1 Å². The Balaban J connectivity index is 2.34. The second-order valence-corrected chi connectivity index (χ2v) is 4.38. The van der Waals surface area contributed by atoms with Gasteiger partial charge in [0.1, 0.15) is 11.4 Å². The predicted octanol–water partition coefficient (Wildman–Crippen LogP) is 2.00. The summed E-state index contributed by atoms with van der Waals surface area (Å²) in [5, 5.41) is 10.5. The molecule has 0 radical (unpaired) electrons. The Hall–Kier alpha value is -1.81. The Morgan fingerprint density at radius 3 is 2.47 bits per heavy atom. The van der Waals surface area contributed by atoms with Crippen LogP contribution in [0.4, 0.5) is 5.82 Å². The summed E-state index contributed by atoms with van der Waals surface area (Å²) in [5.41, 5.74) is 0.381. The molecule has 0 spiro atoms. The number of hydrogen-bond acceptors (Lipinski definition) is 4. The fourth-order valence-corrected chi connectivity index (χ4v) is 1.65. The van der Waals surface area contributed by atoms with E-state index in [-0.39, 0.29) is 0 Å². The monoisotopic (exact) mass is 232 g/mol. The van der Waals surface area contributed by atoms with Crippen LogP contribution in [-0.4, -0.2) is 24.2 Å². The van der Waals surface area contributed by atoms with Crippen molar-refractivity contribution < 1.29 is 9.52 Å². The summed E-state index contributed by atoms with van der Waals surface area (Å²) in [7, 11) is 3.85. The minimum Gasteiger partial charge on any atom is -0.472 e. The van der Waals surface area contributed by atoms with Crippen LogP contribution in [-0.2, 0) is 5.60 Å². The van der Waals surface area contributed by atoms with E-state index in [1.165, 1.54) is 0 Å². The molecule has 1 atom stereocenters. The molecule has 0 saturated carbocycles. The second kappa shape index (κ2) is 4.22. The fourth-order valence-electron chi connectivity index (χ4n) is 1.65. The Morgan fingerprint density at radius 1 is 1.24 bits per heavy atom. The predicted molar refractivity (Wildman–Crippen MR) is 65.9 cm³/mol. The summed E-state index contributed by atoms with van der Waals surface area (Å²) in [6.07, 6.45) is 4.77. The van der Waals surface area contributed by atoms with Crippen molar-refractivity contribution in [1.82, 2.24) is 4.98 Å². The summed E-state index contributed by atoms with van der Waals surface area (Å²) < 4.78 is 5.00. The molecule has 0 amide bonds. The zero-order valence-electron chi connectivity index (χ0n) is 10.2. The third-order valence-corrected chi connectivity index (χ3v) is 2.85. The molecule has 0 aliphatic heterocycles. The number of aromatic nitrogens is 1. The van der Waals surface area contributed by atoms with Crippen LogP contribution in [0.3, 0.4) is 0 Å². The molecule has 2 aromatic rings. The number of anilines is 1. The lowest BCUT2D eigenvalue weighted by molar-refractivity contribution is 0.101. The second-order valence-electron chi connectivity index (χ2n) is 4.38. The van der Waals surface area contributed by atoms with Gasteiger partial charge in [0.25, 0.3) is 0 Å². The molecule has 4 heteroatoms. The van der Waals surface area contributed by atoms with Crippen LogP contribution in [0.2, 0.25) is 0 Å². The minimum absolute atomic E-state index is 0.719. The van der Waals surface area contributed by atoms with Crippen molar-refractivity contribution in [2.45, 2.75) is 12.5 Å². The Morgan fingerprint density at radius 2 is 2.00 bits per heavy atom. The maximum absolute atomic E-state index is 10.5. The molecule has 0 fully saturated rings. The first-order chi connectivity index (χ1) is 8.01. The number of hydrogen-bond donors (Lipinski definition) is 1. The third kappa shape index (κ3) is 2.17. The molecular weight excluding hydrogens is 216 g/mol. The van der Waals surface area contributed by atoms with Crippen LogP contribution in [0.25, 0.3) is 0 Å². The maximum Gasteiger partial charge on any atom is 0.127 e. The van der Waals surface area contributed by atoms with Gasteiger partial charge >= 0.3 is 0 Å². The van der Waals surface area contributed by atoms with Gasteiger partial charge in [-0.1, -0.05) is 6.07 Å². The molecule has 1 unspecified atom stereocenters. The fraction of sp³-hybridized carbons (Fsp3) is 0.308. The number of furan rings is 1. The van der Waals surface area contributed by atoms with E-state index >= 15 is 0 Å². The molecule has 90 valence electrons. The molecule has 17 heavy (non-hydrogen) atoms. The topological polar surface area (TPSA) is 49.5 Å². The maximum atomic E-state index is 10.5. The molecule has 0 bridgehead atoms. The van der Waals surface area contributed by atoms with E-state index in [0.29, 0.717) is 0 Å². The van der Waals surface area contributed by atoms with Crippen LogP contribution in [0.15, 0.2) is 41.3 Å². The SMILES string of the molecule is CN(C)c1ccc(C(C)(O)c2ccoc2)cn1. The van der Waals surface area contributed by atoms with Crippen LogP contribution in [0.1, 0.15) is 18.1 Å². The molecule has 2 heterocycles. The largest absolute Gasteiger partial charge is 0.472 e. The van der Waals surface area contributed by atoms with Gasteiger partial charge in [0.2, 0.25) is 0 Å². The normalized spacial score (nSPS) is 14.4. The molecule has 0 saturated heterocycles. The van der Waals surface area contributed by atoms with Gasteiger partial charge in [0, 0.05) is 31.4 Å². The number of pyridine rings is 1. The zero-order chi connectivity index (χ0) is 12.5. The van der Waals surface area contributed by atoms with Crippen LogP contribution < -0.4 is 4.90 Å². The van der Waals surface area contributed by atoms with E-state index in [1.54, 1.807) is 31.7 Å². The van der Waals surface area contributed by atoms with Crippen molar-refractivity contribution in [3.8, 4) is 0 Å². The van der Waals surface area contributed by atoms with E-state index in [4.69, 9.17) is 4.42 Å². The van der Waals surface area contributed by atoms with Crippen molar-refractivity contribution in [1.29, 1.82) is 0 Å².